The van der Waals surface area contributed by atoms with Crippen LogP contribution >= 0.6 is 0 Å². The van der Waals surface area contributed by atoms with E-state index in [4.69, 9.17) is 0 Å². The molecule has 0 radical (unpaired) electrons. The van der Waals surface area contributed by atoms with E-state index in [2.05, 4.69) is 25.7 Å². The summed E-state index contributed by atoms with van der Waals surface area (Å²) in [5.74, 6) is 0.556. The number of aliphatic hydroxyl groups excluding tert-OH is 1. The summed E-state index contributed by atoms with van der Waals surface area (Å²) in [6.07, 6.45) is 0.978. The van der Waals surface area contributed by atoms with E-state index in [1.54, 1.807) is 4.90 Å². The first-order chi connectivity index (χ1) is 7.47. The Balaban J connectivity index is 2.85. The van der Waals surface area contributed by atoms with Crippen LogP contribution in [0.2, 0.25) is 0 Å². The first-order valence-electron chi connectivity index (χ1n) is 6.09. The molecule has 2 unspecified atom stereocenters. The van der Waals surface area contributed by atoms with Crippen molar-refractivity contribution in [1.29, 1.82) is 0 Å². The number of likely N-dealkylation sites (N-methyl/N-ethyl adjacent to an activating group) is 1. The first-order valence-corrected chi connectivity index (χ1v) is 6.09. The van der Waals surface area contributed by atoms with E-state index in [9.17, 15) is 9.90 Å². The molecule has 0 aromatic heterocycles. The predicted octanol–water partition coefficient (Wildman–Crippen LogP) is 0.556. The summed E-state index contributed by atoms with van der Waals surface area (Å²) in [6, 6.07) is -0.00153. The summed E-state index contributed by atoms with van der Waals surface area (Å²) in [5, 5.41) is 9.42. The lowest BCUT2D eigenvalue weighted by molar-refractivity contribution is -0.136. The van der Waals surface area contributed by atoms with E-state index >= 15 is 0 Å². The molecule has 0 spiro atoms. The normalized spacial score (nSPS) is 28.6. The van der Waals surface area contributed by atoms with Gasteiger partial charge in [-0.2, -0.15) is 0 Å². The molecule has 1 amide bonds. The Labute approximate surface area is 98.2 Å². The zero-order chi connectivity index (χ0) is 12.3. The lowest BCUT2D eigenvalue weighted by Gasteiger charge is -2.33. The fraction of sp³-hybridized carbons (Fsp3) is 0.917. The monoisotopic (exact) mass is 228 g/mol. The third kappa shape index (κ3) is 2.95. The van der Waals surface area contributed by atoms with Gasteiger partial charge in [-0.3, -0.25) is 9.69 Å². The quantitative estimate of drug-likeness (QED) is 0.767. The van der Waals surface area contributed by atoms with Crippen molar-refractivity contribution in [2.24, 2.45) is 5.92 Å². The van der Waals surface area contributed by atoms with Crippen molar-refractivity contribution < 1.29 is 9.90 Å². The Kier molecular flexibility index (Phi) is 4.74. The van der Waals surface area contributed by atoms with Gasteiger partial charge in [0.05, 0.1) is 6.61 Å². The van der Waals surface area contributed by atoms with Gasteiger partial charge < -0.3 is 10.0 Å². The molecule has 94 valence electrons. The summed E-state index contributed by atoms with van der Waals surface area (Å²) in [5.41, 5.74) is 0. The van der Waals surface area contributed by atoms with Crippen LogP contribution in [0.15, 0.2) is 0 Å². The zero-order valence-electron chi connectivity index (χ0n) is 10.8. The third-order valence-electron chi connectivity index (χ3n) is 3.26. The number of aliphatic hydroxyl groups is 1. The predicted molar refractivity (Wildman–Crippen MR) is 64.1 cm³/mol. The van der Waals surface area contributed by atoms with E-state index in [1.165, 1.54) is 0 Å². The second-order valence-corrected chi connectivity index (χ2v) is 5.19. The Bertz CT molecular complexity index is 243. The molecule has 4 nitrogen and oxygen atoms in total. The highest BCUT2D eigenvalue weighted by molar-refractivity contribution is 5.82. The average Bonchev–Trinajstić information content (AvgIpc) is 2.31. The second kappa shape index (κ2) is 5.64. The Morgan fingerprint density at radius 2 is 2.12 bits per heavy atom. The smallest absolute Gasteiger partial charge is 0.242 e. The molecule has 0 saturated carbocycles. The van der Waals surface area contributed by atoms with Gasteiger partial charge in [0.15, 0.2) is 0 Å². The number of carbonyl (C=O) groups excluding carboxylic acids is 1. The number of rotatable bonds is 3. The molecule has 0 bridgehead atoms. The molecule has 1 N–H and O–H groups in total. The fourth-order valence-corrected chi connectivity index (χ4v) is 2.27. The zero-order valence-corrected chi connectivity index (χ0v) is 10.8. The number of hydrogen-bond donors (Lipinski definition) is 1. The number of hydrogen-bond acceptors (Lipinski definition) is 3. The second-order valence-electron chi connectivity index (χ2n) is 5.19. The average molecular weight is 228 g/mol. The minimum Gasteiger partial charge on any atom is -0.394 e. The molecule has 1 aliphatic heterocycles. The van der Waals surface area contributed by atoms with Gasteiger partial charge in [0.25, 0.3) is 0 Å². The molecule has 1 heterocycles. The van der Waals surface area contributed by atoms with Crippen LogP contribution in [0, 0.1) is 5.92 Å². The van der Waals surface area contributed by atoms with Crippen LogP contribution in [-0.2, 0) is 4.79 Å². The maximum absolute atomic E-state index is 12.0. The summed E-state index contributed by atoms with van der Waals surface area (Å²) in [6.45, 7) is 7.98. The van der Waals surface area contributed by atoms with E-state index in [0.29, 0.717) is 12.0 Å². The molecule has 4 heteroatoms. The number of amides is 1. The van der Waals surface area contributed by atoms with Crippen molar-refractivity contribution in [2.75, 3.05) is 26.7 Å². The van der Waals surface area contributed by atoms with Crippen LogP contribution in [0.3, 0.4) is 0 Å². The van der Waals surface area contributed by atoms with Crippen molar-refractivity contribution in [2.45, 2.75) is 39.3 Å². The first kappa shape index (κ1) is 13.5. The molecule has 1 saturated heterocycles. The van der Waals surface area contributed by atoms with Crippen LogP contribution in [0.25, 0.3) is 0 Å². The standard InChI is InChI=1S/C12H24N2O2/c1-9(2)7-14-10(3)5-6-13(4)12(16)11(14)8-15/h9-11,15H,5-8H2,1-4H3. The van der Waals surface area contributed by atoms with Crippen molar-refractivity contribution in [3.63, 3.8) is 0 Å². The van der Waals surface area contributed by atoms with Crippen molar-refractivity contribution in [3.05, 3.63) is 0 Å². The molecule has 2 atom stereocenters. The van der Waals surface area contributed by atoms with Gasteiger partial charge in [-0.25, -0.2) is 0 Å². The highest BCUT2D eigenvalue weighted by Gasteiger charge is 2.34. The maximum Gasteiger partial charge on any atom is 0.242 e. The van der Waals surface area contributed by atoms with Gasteiger partial charge in [-0.15, -0.1) is 0 Å². The van der Waals surface area contributed by atoms with Gasteiger partial charge in [-0.1, -0.05) is 13.8 Å². The SMILES string of the molecule is CC(C)CN1C(C)CCN(C)C(=O)C1CO. The van der Waals surface area contributed by atoms with Gasteiger partial charge in [-0.05, 0) is 19.3 Å². The molecule has 0 aromatic rings. The molecular formula is C12H24N2O2. The summed E-state index contributed by atoms with van der Waals surface area (Å²) >= 11 is 0. The van der Waals surface area contributed by atoms with E-state index < -0.39 is 0 Å². The highest BCUT2D eigenvalue weighted by Crippen LogP contribution is 2.18. The minimum atomic E-state index is -0.357. The van der Waals surface area contributed by atoms with Gasteiger partial charge >= 0.3 is 0 Å². The fourth-order valence-electron chi connectivity index (χ4n) is 2.27. The van der Waals surface area contributed by atoms with Crippen LogP contribution in [-0.4, -0.2) is 59.6 Å². The molecule has 1 aliphatic rings. The van der Waals surface area contributed by atoms with E-state index in [-0.39, 0.29) is 18.6 Å². The van der Waals surface area contributed by atoms with Crippen molar-refractivity contribution in [1.82, 2.24) is 9.80 Å². The summed E-state index contributed by atoms with van der Waals surface area (Å²) in [4.78, 5) is 15.9. The summed E-state index contributed by atoms with van der Waals surface area (Å²) < 4.78 is 0. The Morgan fingerprint density at radius 1 is 1.50 bits per heavy atom. The molecular weight excluding hydrogens is 204 g/mol. The molecule has 1 fully saturated rings. The lowest BCUT2D eigenvalue weighted by atomic mass is 10.1. The number of nitrogens with zero attached hydrogens (tertiary/aromatic N) is 2. The molecule has 1 rings (SSSR count). The van der Waals surface area contributed by atoms with Gasteiger partial charge in [0.1, 0.15) is 6.04 Å². The molecule has 16 heavy (non-hydrogen) atoms. The van der Waals surface area contributed by atoms with Crippen LogP contribution in [0.1, 0.15) is 27.2 Å². The molecule has 0 aromatic carbocycles. The maximum atomic E-state index is 12.0. The third-order valence-corrected chi connectivity index (χ3v) is 3.26. The van der Waals surface area contributed by atoms with Crippen molar-refractivity contribution in [3.8, 4) is 0 Å². The minimum absolute atomic E-state index is 0.0486. The van der Waals surface area contributed by atoms with E-state index in [0.717, 1.165) is 19.5 Å². The lowest BCUT2D eigenvalue weighted by Crippen LogP contribution is -2.50. The van der Waals surface area contributed by atoms with Gasteiger partial charge in [0, 0.05) is 26.2 Å². The Morgan fingerprint density at radius 3 is 2.62 bits per heavy atom. The van der Waals surface area contributed by atoms with Crippen LogP contribution < -0.4 is 0 Å². The highest BCUT2D eigenvalue weighted by atomic mass is 16.3. The topological polar surface area (TPSA) is 43.8 Å². The number of carbonyl (C=O) groups is 1. The van der Waals surface area contributed by atoms with Crippen LogP contribution in [0.4, 0.5) is 0 Å². The largest absolute Gasteiger partial charge is 0.394 e. The van der Waals surface area contributed by atoms with Crippen LogP contribution in [0.5, 0.6) is 0 Å². The van der Waals surface area contributed by atoms with Gasteiger partial charge in [0.2, 0.25) is 5.91 Å². The molecule has 0 aliphatic carbocycles. The van der Waals surface area contributed by atoms with Crippen molar-refractivity contribution >= 4 is 5.91 Å². The van der Waals surface area contributed by atoms with E-state index in [1.807, 2.05) is 7.05 Å². The summed E-state index contributed by atoms with van der Waals surface area (Å²) in [7, 11) is 1.82. The Hall–Kier alpha value is -0.610.